The van der Waals surface area contributed by atoms with Crippen molar-refractivity contribution in [3.63, 3.8) is 0 Å². The van der Waals surface area contributed by atoms with E-state index in [9.17, 15) is 9.59 Å². The largest absolute Gasteiger partial charge is 0.458 e. The van der Waals surface area contributed by atoms with Crippen molar-refractivity contribution in [3.05, 3.63) is 41.2 Å². The van der Waals surface area contributed by atoms with E-state index in [-0.39, 0.29) is 17.9 Å². The molecule has 0 aliphatic carbocycles. The Balaban J connectivity index is 2.64. The van der Waals surface area contributed by atoms with E-state index >= 15 is 0 Å². The van der Waals surface area contributed by atoms with Crippen molar-refractivity contribution in [1.29, 1.82) is 0 Å². The third-order valence-electron chi connectivity index (χ3n) is 1.96. The van der Waals surface area contributed by atoms with Gasteiger partial charge in [-0.25, -0.2) is 4.79 Å². The number of ether oxygens (including phenoxy) is 1. The first kappa shape index (κ1) is 12.9. The third kappa shape index (κ3) is 4.06. The minimum absolute atomic E-state index is 0.117. The molecule has 1 amide bonds. The van der Waals surface area contributed by atoms with Crippen LogP contribution in [-0.2, 0) is 4.74 Å². The number of nitrogens with zero attached hydrogens (tertiary/aromatic N) is 1. The number of pyridine rings is 1. The number of amides is 1. The summed E-state index contributed by atoms with van der Waals surface area (Å²) in [6, 6.07) is 2.85. The highest BCUT2D eigenvalue weighted by Gasteiger charge is 2.08. The van der Waals surface area contributed by atoms with Crippen LogP contribution in [0.3, 0.4) is 0 Å². The molecule has 0 aromatic carbocycles. The smallest absolute Gasteiger partial charge is 0.340 e. The minimum atomic E-state index is -0.630. The molecule has 0 saturated carbocycles. The molecule has 1 aromatic rings. The molecule has 1 heterocycles. The lowest BCUT2D eigenvalue weighted by Gasteiger charge is -2.02. The van der Waals surface area contributed by atoms with E-state index in [1.165, 1.54) is 18.3 Å². The van der Waals surface area contributed by atoms with Gasteiger partial charge < -0.3 is 10.5 Å². The average Bonchev–Trinajstić information content (AvgIpc) is 2.28. The standard InChI is InChI=1S/C12H14N2O3/c1-8(2)5-6-17-12(16)9-3-4-10(11(13)15)14-7-9/h3-5,7H,6H2,1-2H3,(H2,13,15). The fourth-order valence-electron chi connectivity index (χ4n) is 1.03. The Morgan fingerprint density at radius 3 is 2.59 bits per heavy atom. The topological polar surface area (TPSA) is 82.3 Å². The van der Waals surface area contributed by atoms with Crippen LogP contribution in [-0.4, -0.2) is 23.5 Å². The number of carbonyl (C=O) groups is 2. The van der Waals surface area contributed by atoms with Crippen LogP contribution in [0.15, 0.2) is 30.0 Å². The zero-order valence-corrected chi connectivity index (χ0v) is 9.77. The molecule has 17 heavy (non-hydrogen) atoms. The SMILES string of the molecule is CC(C)=CCOC(=O)c1ccc(C(N)=O)nc1. The minimum Gasteiger partial charge on any atom is -0.458 e. The molecule has 0 radical (unpaired) electrons. The maximum absolute atomic E-state index is 11.5. The predicted octanol–water partition coefficient (Wildman–Crippen LogP) is 1.30. The van der Waals surface area contributed by atoms with Crippen molar-refractivity contribution >= 4 is 11.9 Å². The van der Waals surface area contributed by atoms with Crippen molar-refractivity contribution in [2.75, 3.05) is 6.61 Å². The molecule has 2 N–H and O–H groups in total. The maximum Gasteiger partial charge on any atom is 0.340 e. The lowest BCUT2D eigenvalue weighted by atomic mass is 10.2. The van der Waals surface area contributed by atoms with Crippen LogP contribution >= 0.6 is 0 Å². The number of nitrogens with two attached hydrogens (primary N) is 1. The van der Waals surface area contributed by atoms with Crippen molar-refractivity contribution in [2.24, 2.45) is 5.73 Å². The molecule has 1 aromatic heterocycles. The van der Waals surface area contributed by atoms with E-state index < -0.39 is 11.9 Å². The van der Waals surface area contributed by atoms with Crippen molar-refractivity contribution in [2.45, 2.75) is 13.8 Å². The van der Waals surface area contributed by atoms with Crippen LogP contribution in [0.5, 0.6) is 0 Å². The van der Waals surface area contributed by atoms with Gasteiger partial charge in [0.25, 0.3) is 5.91 Å². The normalized spacial score (nSPS) is 9.53. The van der Waals surface area contributed by atoms with Crippen molar-refractivity contribution in [3.8, 4) is 0 Å². The van der Waals surface area contributed by atoms with E-state index in [0.29, 0.717) is 0 Å². The van der Waals surface area contributed by atoms with E-state index in [2.05, 4.69) is 4.98 Å². The number of esters is 1. The highest BCUT2D eigenvalue weighted by atomic mass is 16.5. The van der Waals surface area contributed by atoms with Gasteiger partial charge in [-0.1, -0.05) is 5.57 Å². The Hall–Kier alpha value is -2.17. The van der Waals surface area contributed by atoms with Gasteiger partial charge >= 0.3 is 5.97 Å². The fourth-order valence-corrected chi connectivity index (χ4v) is 1.03. The molecular weight excluding hydrogens is 220 g/mol. The van der Waals surface area contributed by atoms with E-state index in [0.717, 1.165) is 5.57 Å². The van der Waals surface area contributed by atoms with Gasteiger partial charge in [-0.2, -0.15) is 0 Å². The van der Waals surface area contributed by atoms with Gasteiger partial charge in [0.05, 0.1) is 5.56 Å². The molecule has 0 atom stereocenters. The second-order valence-electron chi connectivity index (χ2n) is 3.68. The maximum atomic E-state index is 11.5. The summed E-state index contributed by atoms with van der Waals surface area (Å²) in [5.41, 5.74) is 6.50. The molecule has 1 rings (SSSR count). The summed E-state index contributed by atoms with van der Waals surface area (Å²) in [5.74, 6) is -1.11. The third-order valence-corrected chi connectivity index (χ3v) is 1.96. The summed E-state index contributed by atoms with van der Waals surface area (Å²) in [6.45, 7) is 4.05. The van der Waals surface area contributed by atoms with Crippen molar-refractivity contribution < 1.29 is 14.3 Å². The second kappa shape index (κ2) is 5.79. The Kier molecular flexibility index (Phi) is 4.39. The Morgan fingerprint density at radius 1 is 1.41 bits per heavy atom. The zero-order chi connectivity index (χ0) is 12.8. The summed E-state index contributed by atoms with van der Waals surface area (Å²) in [7, 11) is 0. The predicted molar refractivity (Wildman–Crippen MR) is 62.5 cm³/mol. The first-order chi connectivity index (χ1) is 8.00. The van der Waals surface area contributed by atoms with Gasteiger partial charge in [-0.15, -0.1) is 0 Å². The molecule has 0 aliphatic heterocycles. The van der Waals surface area contributed by atoms with Gasteiger partial charge in [-0.3, -0.25) is 9.78 Å². The summed E-state index contributed by atoms with van der Waals surface area (Å²) in [6.07, 6.45) is 3.06. The monoisotopic (exact) mass is 234 g/mol. The molecule has 0 aliphatic rings. The first-order valence-corrected chi connectivity index (χ1v) is 5.07. The van der Waals surface area contributed by atoms with E-state index in [4.69, 9.17) is 10.5 Å². The molecule has 0 spiro atoms. The van der Waals surface area contributed by atoms with Crippen LogP contribution in [0.25, 0.3) is 0 Å². The van der Waals surface area contributed by atoms with Gasteiger partial charge in [0.2, 0.25) is 0 Å². The highest BCUT2D eigenvalue weighted by molar-refractivity contribution is 5.93. The van der Waals surface area contributed by atoms with Crippen LogP contribution in [0.1, 0.15) is 34.7 Å². The van der Waals surface area contributed by atoms with Crippen molar-refractivity contribution in [1.82, 2.24) is 4.98 Å². The molecule has 0 saturated heterocycles. The number of allylic oxidation sites excluding steroid dienone is 1. The van der Waals surface area contributed by atoms with Crippen LogP contribution < -0.4 is 5.73 Å². The quantitative estimate of drug-likeness (QED) is 0.628. The van der Waals surface area contributed by atoms with Gasteiger partial charge in [0.1, 0.15) is 12.3 Å². The Labute approximate surface area is 99.3 Å². The average molecular weight is 234 g/mol. The number of rotatable bonds is 4. The summed E-state index contributed by atoms with van der Waals surface area (Å²) in [4.78, 5) is 26.0. The van der Waals surface area contributed by atoms with Crippen LogP contribution in [0.4, 0.5) is 0 Å². The highest BCUT2D eigenvalue weighted by Crippen LogP contribution is 2.02. The molecule has 5 nitrogen and oxygen atoms in total. The number of primary amides is 1. The fraction of sp³-hybridized carbons (Fsp3) is 0.250. The van der Waals surface area contributed by atoms with Gasteiger partial charge in [-0.05, 0) is 32.1 Å². The molecule has 5 heteroatoms. The number of carbonyl (C=O) groups excluding carboxylic acids is 2. The lowest BCUT2D eigenvalue weighted by Crippen LogP contribution is -2.14. The lowest BCUT2D eigenvalue weighted by molar-refractivity contribution is 0.0548. The molecule has 0 bridgehead atoms. The number of aromatic nitrogens is 1. The zero-order valence-electron chi connectivity index (χ0n) is 9.77. The number of hydrogen-bond donors (Lipinski definition) is 1. The van der Waals surface area contributed by atoms with Gasteiger partial charge in [0.15, 0.2) is 0 Å². The van der Waals surface area contributed by atoms with Crippen LogP contribution in [0.2, 0.25) is 0 Å². The number of hydrogen-bond acceptors (Lipinski definition) is 4. The summed E-state index contributed by atoms with van der Waals surface area (Å²) >= 11 is 0. The molecule has 0 unspecified atom stereocenters. The Bertz CT molecular complexity index is 445. The molecule has 90 valence electrons. The first-order valence-electron chi connectivity index (χ1n) is 5.07. The summed E-state index contributed by atoms with van der Waals surface area (Å²) in [5, 5.41) is 0. The van der Waals surface area contributed by atoms with Gasteiger partial charge in [0, 0.05) is 6.20 Å². The Morgan fingerprint density at radius 2 is 2.12 bits per heavy atom. The molecular formula is C12H14N2O3. The summed E-state index contributed by atoms with van der Waals surface area (Å²) < 4.78 is 4.97. The van der Waals surface area contributed by atoms with E-state index in [1.54, 1.807) is 6.08 Å². The molecule has 0 fully saturated rings. The second-order valence-corrected chi connectivity index (χ2v) is 3.68. The van der Waals surface area contributed by atoms with E-state index in [1.807, 2.05) is 13.8 Å². The van der Waals surface area contributed by atoms with Crippen LogP contribution in [0, 0.1) is 0 Å².